The Kier molecular flexibility index (Phi) is 6.07. The minimum Gasteiger partial charge on any atom is -0.326 e. The third-order valence-corrected chi connectivity index (χ3v) is 5.31. The van der Waals surface area contributed by atoms with Gasteiger partial charge in [-0.15, -0.1) is 0 Å². The summed E-state index contributed by atoms with van der Waals surface area (Å²) < 4.78 is 26.7. The maximum absolute atomic E-state index is 13.7. The lowest BCUT2D eigenvalue weighted by Gasteiger charge is -2.27. The molecule has 3 rings (SSSR count). The molecule has 0 unspecified atom stereocenters. The van der Waals surface area contributed by atoms with Crippen LogP contribution < -0.4 is 10.6 Å². The highest BCUT2D eigenvalue weighted by Crippen LogP contribution is 2.31. The number of rotatable bonds is 4. The summed E-state index contributed by atoms with van der Waals surface area (Å²) in [6.07, 6.45) is 2.31. The highest BCUT2D eigenvalue weighted by atomic mass is 19.1. The average Bonchev–Trinajstić information content (AvgIpc) is 2.67. The van der Waals surface area contributed by atoms with Crippen molar-refractivity contribution >= 4 is 23.2 Å². The van der Waals surface area contributed by atoms with Crippen LogP contribution in [0.3, 0.4) is 0 Å². The van der Waals surface area contributed by atoms with Crippen LogP contribution in [-0.2, 0) is 9.59 Å². The molecule has 2 N–H and O–H groups in total. The number of halogens is 2. The first-order valence-electron chi connectivity index (χ1n) is 9.47. The van der Waals surface area contributed by atoms with Crippen LogP contribution in [0.15, 0.2) is 36.4 Å². The molecule has 148 valence electrons. The number of hydrogen-bond acceptors (Lipinski definition) is 2. The second-order valence-electron chi connectivity index (χ2n) is 7.47. The zero-order chi connectivity index (χ0) is 20.3. The van der Waals surface area contributed by atoms with Gasteiger partial charge in [-0.05, 0) is 68.9 Å². The first-order valence-corrected chi connectivity index (χ1v) is 9.47. The molecule has 1 saturated carbocycles. The van der Waals surface area contributed by atoms with Crippen LogP contribution in [0.2, 0.25) is 0 Å². The van der Waals surface area contributed by atoms with Gasteiger partial charge in [0, 0.05) is 23.6 Å². The Hall–Kier alpha value is -2.76. The van der Waals surface area contributed by atoms with E-state index < -0.39 is 11.6 Å². The third-order valence-electron chi connectivity index (χ3n) is 5.31. The van der Waals surface area contributed by atoms with E-state index in [1.165, 1.54) is 6.07 Å². The molecule has 1 aliphatic rings. The van der Waals surface area contributed by atoms with Crippen molar-refractivity contribution in [3.63, 3.8) is 0 Å². The van der Waals surface area contributed by atoms with Gasteiger partial charge in [0.05, 0.1) is 5.69 Å². The van der Waals surface area contributed by atoms with Crippen molar-refractivity contribution in [1.29, 1.82) is 0 Å². The first kappa shape index (κ1) is 20.0. The van der Waals surface area contributed by atoms with E-state index in [0.29, 0.717) is 25.7 Å². The van der Waals surface area contributed by atoms with Crippen LogP contribution in [0.25, 0.3) is 0 Å². The Morgan fingerprint density at radius 1 is 0.821 bits per heavy atom. The highest BCUT2D eigenvalue weighted by Gasteiger charge is 2.30. The molecule has 4 nitrogen and oxygen atoms in total. The van der Waals surface area contributed by atoms with Gasteiger partial charge in [0.15, 0.2) is 0 Å². The van der Waals surface area contributed by atoms with Gasteiger partial charge in [0.2, 0.25) is 11.8 Å². The molecule has 0 spiro atoms. The Bertz CT molecular complexity index is 890. The minimum atomic E-state index is -0.796. The standard InChI is InChI=1S/C22H24F2N2O2/c1-13-3-4-14(2)20(11-13)26-22(28)16-7-5-15(6-8-16)21(27)25-19-10-9-17(23)12-18(19)24/h3-4,9-12,15-16H,5-8H2,1-2H3,(H,25,27)(H,26,28). The molecule has 1 fully saturated rings. The fourth-order valence-electron chi connectivity index (χ4n) is 3.55. The van der Waals surface area contributed by atoms with Crippen LogP contribution >= 0.6 is 0 Å². The maximum atomic E-state index is 13.7. The topological polar surface area (TPSA) is 58.2 Å². The van der Waals surface area contributed by atoms with E-state index in [9.17, 15) is 18.4 Å². The van der Waals surface area contributed by atoms with Gasteiger partial charge in [-0.1, -0.05) is 12.1 Å². The van der Waals surface area contributed by atoms with E-state index in [1.54, 1.807) is 0 Å². The number of nitrogens with one attached hydrogen (secondary N) is 2. The zero-order valence-electron chi connectivity index (χ0n) is 16.0. The predicted octanol–water partition coefficient (Wildman–Crippen LogP) is 4.97. The molecule has 0 saturated heterocycles. The lowest BCUT2D eigenvalue weighted by atomic mass is 9.81. The lowest BCUT2D eigenvalue weighted by molar-refractivity contribution is -0.125. The zero-order valence-corrected chi connectivity index (χ0v) is 16.0. The summed E-state index contributed by atoms with van der Waals surface area (Å²) in [6, 6.07) is 8.98. The van der Waals surface area contributed by atoms with Crippen LogP contribution in [0.4, 0.5) is 20.2 Å². The monoisotopic (exact) mass is 386 g/mol. The van der Waals surface area contributed by atoms with Gasteiger partial charge < -0.3 is 10.6 Å². The molecule has 0 bridgehead atoms. The highest BCUT2D eigenvalue weighted by molar-refractivity contribution is 5.95. The third kappa shape index (κ3) is 4.74. The Labute approximate surface area is 163 Å². The molecular weight excluding hydrogens is 362 g/mol. The second-order valence-corrected chi connectivity index (χ2v) is 7.47. The van der Waals surface area contributed by atoms with Crippen LogP contribution in [0.5, 0.6) is 0 Å². The van der Waals surface area contributed by atoms with E-state index >= 15 is 0 Å². The van der Waals surface area contributed by atoms with Gasteiger partial charge in [-0.3, -0.25) is 9.59 Å². The molecule has 6 heteroatoms. The quantitative estimate of drug-likeness (QED) is 0.780. The molecule has 28 heavy (non-hydrogen) atoms. The number of amides is 2. The van der Waals surface area contributed by atoms with Crippen molar-refractivity contribution in [2.24, 2.45) is 11.8 Å². The summed E-state index contributed by atoms with van der Waals surface area (Å²) in [5, 5.41) is 5.52. The van der Waals surface area contributed by atoms with Crippen LogP contribution in [-0.4, -0.2) is 11.8 Å². The molecule has 0 heterocycles. The molecule has 2 aromatic rings. The van der Waals surface area contributed by atoms with E-state index in [4.69, 9.17) is 0 Å². The van der Waals surface area contributed by atoms with Gasteiger partial charge in [0.1, 0.15) is 11.6 Å². The number of carbonyl (C=O) groups excluding carboxylic acids is 2. The molecule has 2 amide bonds. The van der Waals surface area contributed by atoms with Crippen LogP contribution in [0, 0.1) is 37.3 Å². The van der Waals surface area contributed by atoms with Crippen molar-refractivity contribution in [3.05, 3.63) is 59.2 Å². The van der Waals surface area contributed by atoms with Crippen molar-refractivity contribution in [1.82, 2.24) is 0 Å². The Morgan fingerprint density at radius 3 is 1.96 bits per heavy atom. The number of anilines is 2. The fourth-order valence-corrected chi connectivity index (χ4v) is 3.55. The largest absolute Gasteiger partial charge is 0.326 e. The average molecular weight is 386 g/mol. The van der Waals surface area contributed by atoms with E-state index in [1.807, 2.05) is 32.0 Å². The van der Waals surface area contributed by atoms with Gasteiger partial charge >= 0.3 is 0 Å². The van der Waals surface area contributed by atoms with E-state index in [2.05, 4.69) is 10.6 Å². The van der Waals surface area contributed by atoms with E-state index in [0.717, 1.165) is 28.9 Å². The Balaban J connectivity index is 1.54. The second kappa shape index (κ2) is 8.50. The summed E-state index contributed by atoms with van der Waals surface area (Å²) in [5.74, 6) is -2.24. The molecule has 2 aromatic carbocycles. The normalized spacial score (nSPS) is 19.1. The summed E-state index contributed by atoms with van der Waals surface area (Å²) in [7, 11) is 0. The summed E-state index contributed by atoms with van der Waals surface area (Å²) in [6.45, 7) is 3.92. The number of carbonyl (C=O) groups is 2. The number of benzene rings is 2. The smallest absolute Gasteiger partial charge is 0.227 e. The van der Waals surface area contributed by atoms with Crippen molar-refractivity contribution < 1.29 is 18.4 Å². The molecule has 0 aromatic heterocycles. The minimum absolute atomic E-state index is 0.0267. The van der Waals surface area contributed by atoms with Crippen molar-refractivity contribution in [2.75, 3.05) is 10.6 Å². The summed E-state index contributed by atoms with van der Waals surface area (Å²) in [5.41, 5.74) is 2.88. The molecule has 0 aliphatic heterocycles. The van der Waals surface area contributed by atoms with Crippen molar-refractivity contribution in [2.45, 2.75) is 39.5 Å². The Morgan fingerprint density at radius 2 is 1.39 bits per heavy atom. The molecule has 1 aliphatic carbocycles. The fraction of sp³-hybridized carbons (Fsp3) is 0.364. The summed E-state index contributed by atoms with van der Waals surface area (Å²) in [4.78, 5) is 25.0. The molecule has 0 atom stereocenters. The van der Waals surface area contributed by atoms with Gasteiger partial charge in [-0.25, -0.2) is 8.78 Å². The van der Waals surface area contributed by atoms with Crippen molar-refractivity contribution in [3.8, 4) is 0 Å². The SMILES string of the molecule is Cc1ccc(C)c(NC(=O)C2CCC(C(=O)Nc3ccc(F)cc3F)CC2)c1. The number of aryl methyl sites for hydroxylation is 2. The van der Waals surface area contributed by atoms with Gasteiger partial charge in [0.25, 0.3) is 0 Å². The predicted molar refractivity (Wildman–Crippen MR) is 105 cm³/mol. The number of hydrogen-bond donors (Lipinski definition) is 2. The van der Waals surface area contributed by atoms with E-state index in [-0.39, 0.29) is 29.3 Å². The maximum Gasteiger partial charge on any atom is 0.227 e. The lowest BCUT2D eigenvalue weighted by Crippen LogP contribution is -2.32. The molecule has 0 radical (unpaired) electrons. The van der Waals surface area contributed by atoms with Gasteiger partial charge in [-0.2, -0.15) is 0 Å². The molecular formula is C22H24F2N2O2. The van der Waals surface area contributed by atoms with Crippen LogP contribution in [0.1, 0.15) is 36.8 Å². The first-order chi connectivity index (χ1) is 13.3. The summed E-state index contributed by atoms with van der Waals surface area (Å²) >= 11 is 0.